The van der Waals surface area contributed by atoms with E-state index in [1.165, 1.54) is 0 Å². The third-order valence-electron chi connectivity index (χ3n) is 3.54. The molecule has 0 amide bonds. The molecular formula is C15H20N2OS. The van der Waals surface area contributed by atoms with Crippen LogP contribution in [0.25, 0.3) is 0 Å². The molecule has 0 aliphatic carbocycles. The first kappa shape index (κ1) is 14.2. The second kappa shape index (κ2) is 6.31. The van der Waals surface area contributed by atoms with Gasteiger partial charge in [-0.3, -0.25) is 0 Å². The Balaban J connectivity index is 2.33. The number of anilines is 1. The van der Waals surface area contributed by atoms with Gasteiger partial charge in [0.2, 0.25) is 0 Å². The molecule has 102 valence electrons. The molecule has 1 aromatic rings. The fourth-order valence-electron chi connectivity index (χ4n) is 2.43. The van der Waals surface area contributed by atoms with Gasteiger partial charge in [0.25, 0.3) is 0 Å². The third-order valence-corrected chi connectivity index (χ3v) is 4.92. The Morgan fingerprint density at radius 2 is 2.37 bits per heavy atom. The lowest BCUT2D eigenvalue weighted by Gasteiger charge is -2.35. The van der Waals surface area contributed by atoms with E-state index in [0.29, 0.717) is 10.8 Å². The number of hydrogen-bond acceptors (Lipinski definition) is 4. The molecule has 0 aromatic heterocycles. The van der Waals surface area contributed by atoms with Gasteiger partial charge in [-0.1, -0.05) is 13.0 Å². The van der Waals surface area contributed by atoms with E-state index in [0.717, 1.165) is 36.5 Å². The molecular weight excluding hydrogens is 256 g/mol. The van der Waals surface area contributed by atoms with Gasteiger partial charge in [-0.25, -0.2) is 0 Å². The maximum absolute atomic E-state index is 9.91. The van der Waals surface area contributed by atoms with Gasteiger partial charge in [0.15, 0.2) is 0 Å². The minimum absolute atomic E-state index is 0.502. The molecule has 1 fully saturated rings. The lowest BCUT2D eigenvalue weighted by atomic mass is 10.0. The molecule has 3 nitrogen and oxygen atoms in total. The minimum Gasteiger partial charge on any atom is -0.389 e. The number of aliphatic hydroxyl groups is 1. The summed E-state index contributed by atoms with van der Waals surface area (Å²) < 4.78 is 0. The summed E-state index contributed by atoms with van der Waals surface area (Å²) in [4.78, 5) is 2.31. The van der Waals surface area contributed by atoms with E-state index in [1.807, 2.05) is 23.9 Å². The van der Waals surface area contributed by atoms with Gasteiger partial charge in [0.05, 0.1) is 17.7 Å². The highest BCUT2D eigenvalue weighted by atomic mass is 32.2. The molecule has 1 aliphatic rings. The largest absolute Gasteiger partial charge is 0.389 e. The SMILES string of the molecule is CCC1CN(c2cc(C#N)ccc2[C@H](C)O)CCS1. The highest BCUT2D eigenvalue weighted by molar-refractivity contribution is 8.00. The van der Waals surface area contributed by atoms with Crippen LogP contribution < -0.4 is 4.90 Å². The summed E-state index contributed by atoms with van der Waals surface area (Å²) >= 11 is 2.02. The van der Waals surface area contributed by atoms with Gasteiger partial charge in [-0.2, -0.15) is 17.0 Å². The number of thioether (sulfide) groups is 1. The lowest BCUT2D eigenvalue weighted by Crippen LogP contribution is -2.38. The van der Waals surface area contributed by atoms with E-state index in [9.17, 15) is 5.11 Å². The Hall–Kier alpha value is -1.18. The monoisotopic (exact) mass is 276 g/mol. The quantitative estimate of drug-likeness (QED) is 0.922. The van der Waals surface area contributed by atoms with Crippen LogP contribution in [-0.4, -0.2) is 29.2 Å². The molecule has 1 unspecified atom stereocenters. The topological polar surface area (TPSA) is 47.3 Å². The van der Waals surface area contributed by atoms with Crippen molar-refractivity contribution in [2.24, 2.45) is 0 Å². The highest BCUT2D eigenvalue weighted by Crippen LogP contribution is 2.31. The van der Waals surface area contributed by atoms with Crippen LogP contribution in [0.15, 0.2) is 18.2 Å². The second-order valence-corrected chi connectivity index (χ2v) is 6.32. The van der Waals surface area contributed by atoms with E-state index in [4.69, 9.17) is 5.26 Å². The van der Waals surface area contributed by atoms with Gasteiger partial charge >= 0.3 is 0 Å². The average molecular weight is 276 g/mol. The number of hydrogen-bond donors (Lipinski definition) is 1. The van der Waals surface area contributed by atoms with Crippen molar-refractivity contribution >= 4 is 17.4 Å². The van der Waals surface area contributed by atoms with Gasteiger partial charge in [0.1, 0.15) is 0 Å². The minimum atomic E-state index is -0.502. The number of nitriles is 1. The first-order valence-electron chi connectivity index (χ1n) is 6.74. The fraction of sp³-hybridized carbons (Fsp3) is 0.533. The molecule has 1 aromatic carbocycles. The van der Waals surface area contributed by atoms with Crippen molar-refractivity contribution in [2.45, 2.75) is 31.6 Å². The van der Waals surface area contributed by atoms with Gasteiger partial charge in [-0.15, -0.1) is 0 Å². The Labute approximate surface area is 119 Å². The molecule has 19 heavy (non-hydrogen) atoms. The summed E-state index contributed by atoms with van der Waals surface area (Å²) in [6, 6.07) is 7.75. The van der Waals surface area contributed by atoms with Crippen LogP contribution in [0.5, 0.6) is 0 Å². The normalized spacial score (nSPS) is 20.9. The van der Waals surface area contributed by atoms with Crippen molar-refractivity contribution in [3.05, 3.63) is 29.3 Å². The van der Waals surface area contributed by atoms with E-state index in [-0.39, 0.29) is 0 Å². The van der Waals surface area contributed by atoms with Crippen LogP contribution in [0.2, 0.25) is 0 Å². The van der Waals surface area contributed by atoms with Crippen LogP contribution in [-0.2, 0) is 0 Å². The molecule has 2 atom stereocenters. The van der Waals surface area contributed by atoms with E-state index in [1.54, 1.807) is 13.0 Å². The smallest absolute Gasteiger partial charge is 0.0992 e. The van der Waals surface area contributed by atoms with Crippen LogP contribution >= 0.6 is 11.8 Å². The number of aliphatic hydroxyl groups excluding tert-OH is 1. The zero-order valence-corrected chi connectivity index (χ0v) is 12.3. The molecule has 1 saturated heterocycles. The molecule has 1 N–H and O–H groups in total. The molecule has 0 bridgehead atoms. The number of rotatable bonds is 3. The summed E-state index contributed by atoms with van der Waals surface area (Å²) in [6.45, 7) is 5.97. The van der Waals surface area contributed by atoms with Crippen LogP contribution in [0.4, 0.5) is 5.69 Å². The van der Waals surface area contributed by atoms with Gasteiger partial charge in [0, 0.05) is 35.3 Å². The molecule has 0 radical (unpaired) electrons. The average Bonchev–Trinajstić information content (AvgIpc) is 2.46. The summed E-state index contributed by atoms with van der Waals surface area (Å²) in [5.74, 6) is 1.11. The first-order chi connectivity index (χ1) is 9.15. The summed E-state index contributed by atoms with van der Waals surface area (Å²) in [5.41, 5.74) is 2.60. The Morgan fingerprint density at radius 1 is 1.58 bits per heavy atom. The third kappa shape index (κ3) is 3.23. The molecule has 1 heterocycles. The second-order valence-electron chi connectivity index (χ2n) is 4.91. The maximum atomic E-state index is 9.91. The molecule has 1 aliphatic heterocycles. The first-order valence-corrected chi connectivity index (χ1v) is 7.79. The van der Waals surface area contributed by atoms with Crippen molar-refractivity contribution in [3.63, 3.8) is 0 Å². The van der Waals surface area contributed by atoms with Crippen molar-refractivity contribution in [3.8, 4) is 6.07 Å². The fourth-order valence-corrected chi connectivity index (χ4v) is 3.61. The van der Waals surface area contributed by atoms with E-state index < -0.39 is 6.10 Å². The van der Waals surface area contributed by atoms with Crippen LogP contribution in [0.3, 0.4) is 0 Å². The van der Waals surface area contributed by atoms with Gasteiger partial charge in [-0.05, 0) is 25.5 Å². The summed E-state index contributed by atoms with van der Waals surface area (Å²) in [7, 11) is 0. The van der Waals surface area contributed by atoms with Crippen molar-refractivity contribution in [1.82, 2.24) is 0 Å². The van der Waals surface area contributed by atoms with Gasteiger partial charge < -0.3 is 10.0 Å². The van der Waals surface area contributed by atoms with Crippen LogP contribution in [0.1, 0.15) is 37.5 Å². The van der Waals surface area contributed by atoms with Crippen molar-refractivity contribution in [1.29, 1.82) is 5.26 Å². The zero-order chi connectivity index (χ0) is 13.8. The predicted octanol–water partition coefficient (Wildman–Crippen LogP) is 2.94. The van der Waals surface area contributed by atoms with E-state index in [2.05, 4.69) is 17.9 Å². The Kier molecular flexibility index (Phi) is 4.73. The molecule has 4 heteroatoms. The molecule has 0 saturated carbocycles. The van der Waals surface area contributed by atoms with E-state index >= 15 is 0 Å². The summed E-state index contributed by atoms with van der Waals surface area (Å²) in [6.07, 6.45) is 0.653. The lowest BCUT2D eigenvalue weighted by molar-refractivity contribution is 0.199. The highest BCUT2D eigenvalue weighted by Gasteiger charge is 2.22. The molecule has 2 rings (SSSR count). The maximum Gasteiger partial charge on any atom is 0.0992 e. The standard InChI is InChI=1S/C15H20N2OS/c1-3-13-10-17(6-7-19-13)15-8-12(9-16)4-5-14(15)11(2)18/h4-5,8,11,13,18H,3,6-7,10H2,1-2H3/t11-,13?/m0/s1. The summed E-state index contributed by atoms with van der Waals surface area (Å²) in [5, 5.41) is 19.6. The predicted molar refractivity (Wildman–Crippen MR) is 80.5 cm³/mol. The Morgan fingerprint density at radius 3 is 3.00 bits per heavy atom. The van der Waals surface area contributed by atoms with Crippen LogP contribution in [0, 0.1) is 11.3 Å². The van der Waals surface area contributed by atoms with Crippen molar-refractivity contribution in [2.75, 3.05) is 23.7 Å². The zero-order valence-electron chi connectivity index (χ0n) is 11.5. The number of nitrogens with zero attached hydrogens (tertiary/aromatic N) is 2. The van der Waals surface area contributed by atoms with Crippen molar-refractivity contribution < 1.29 is 5.11 Å². The Bertz CT molecular complexity index is 482. The molecule has 0 spiro atoms. The number of benzene rings is 1.